The highest BCUT2D eigenvalue weighted by Gasteiger charge is 2.27. The molecule has 1 aromatic heterocycles. The van der Waals surface area contributed by atoms with Crippen molar-refractivity contribution in [2.75, 3.05) is 26.7 Å². The topological polar surface area (TPSA) is 46.2 Å². The van der Waals surface area contributed by atoms with Gasteiger partial charge in [0.25, 0.3) is 0 Å². The summed E-state index contributed by atoms with van der Waals surface area (Å²) in [6.07, 6.45) is 2.18. The molecule has 0 radical (unpaired) electrons. The third-order valence-corrected chi connectivity index (χ3v) is 4.26. The third-order valence-electron chi connectivity index (χ3n) is 4.26. The Morgan fingerprint density at radius 2 is 2.11 bits per heavy atom. The molecule has 0 bridgehead atoms. The number of benzene rings is 1. The van der Waals surface area contributed by atoms with Gasteiger partial charge in [-0.15, -0.1) is 0 Å². The molecule has 1 aromatic carbocycles. The Balaban J connectivity index is 1.99. The van der Waals surface area contributed by atoms with Crippen LogP contribution in [0.4, 0.5) is 0 Å². The van der Waals surface area contributed by atoms with Gasteiger partial charge >= 0.3 is 0 Å². The van der Waals surface area contributed by atoms with Crippen LogP contribution >= 0.6 is 0 Å². The fourth-order valence-electron chi connectivity index (χ4n) is 3.07. The zero-order valence-electron chi connectivity index (χ0n) is 11.6. The number of piperazine rings is 1. The van der Waals surface area contributed by atoms with E-state index < -0.39 is 0 Å². The zero-order chi connectivity index (χ0) is 13.4. The average molecular weight is 258 g/mol. The Labute approximate surface area is 114 Å². The minimum atomic E-state index is 0.0453. The van der Waals surface area contributed by atoms with Crippen LogP contribution in [0.3, 0.4) is 0 Å². The summed E-state index contributed by atoms with van der Waals surface area (Å²) in [5, 5.41) is 4.72. The lowest BCUT2D eigenvalue weighted by Gasteiger charge is -2.36. The highest BCUT2D eigenvalue weighted by molar-refractivity contribution is 5.84. The Bertz CT molecular complexity index is 575. The Kier molecular flexibility index (Phi) is 3.31. The maximum Gasteiger partial charge on any atom is 0.0486 e. The number of hydrogen-bond acceptors (Lipinski definition) is 3. The SMILES string of the molecule is CN1CCNCC1C(N)c1cn(C)c2ccccc12. The molecule has 2 heterocycles. The molecule has 3 N–H and O–H groups in total. The van der Waals surface area contributed by atoms with Crippen molar-refractivity contribution in [2.24, 2.45) is 12.8 Å². The summed E-state index contributed by atoms with van der Waals surface area (Å²) in [5.41, 5.74) is 9.04. The van der Waals surface area contributed by atoms with E-state index in [4.69, 9.17) is 5.73 Å². The van der Waals surface area contributed by atoms with Crippen molar-refractivity contribution in [1.29, 1.82) is 0 Å². The van der Waals surface area contributed by atoms with Gasteiger partial charge in [-0.1, -0.05) is 18.2 Å². The average Bonchev–Trinajstić information content (AvgIpc) is 2.77. The molecule has 0 aliphatic carbocycles. The number of hydrogen-bond donors (Lipinski definition) is 2. The largest absolute Gasteiger partial charge is 0.350 e. The second-order valence-electron chi connectivity index (χ2n) is 5.49. The molecule has 1 aliphatic rings. The molecule has 0 spiro atoms. The summed E-state index contributed by atoms with van der Waals surface area (Å²) in [4.78, 5) is 2.36. The number of aryl methyl sites for hydroxylation is 1. The monoisotopic (exact) mass is 258 g/mol. The van der Waals surface area contributed by atoms with Crippen LogP contribution in [-0.4, -0.2) is 42.2 Å². The predicted octanol–water partition coefficient (Wildman–Crippen LogP) is 1.08. The summed E-state index contributed by atoms with van der Waals surface area (Å²) in [7, 11) is 4.25. The lowest BCUT2D eigenvalue weighted by Crippen LogP contribution is -2.53. The first-order valence-electron chi connectivity index (χ1n) is 6.89. The molecule has 2 atom stereocenters. The number of nitrogens with one attached hydrogen (secondary N) is 1. The number of rotatable bonds is 2. The number of nitrogens with zero attached hydrogens (tertiary/aromatic N) is 2. The van der Waals surface area contributed by atoms with Gasteiger partial charge in [-0.3, -0.25) is 4.90 Å². The van der Waals surface area contributed by atoms with E-state index in [9.17, 15) is 0 Å². The van der Waals surface area contributed by atoms with Crippen molar-refractivity contribution in [1.82, 2.24) is 14.8 Å². The number of likely N-dealkylation sites (N-methyl/N-ethyl adjacent to an activating group) is 1. The van der Waals surface area contributed by atoms with Gasteiger partial charge in [0.05, 0.1) is 0 Å². The van der Waals surface area contributed by atoms with E-state index in [-0.39, 0.29) is 6.04 Å². The molecule has 102 valence electrons. The Morgan fingerprint density at radius 1 is 1.32 bits per heavy atom. The standard InChI is InChI=1S/C15H22N4/c1-18-8-7-17-9-14(18)15(16)12-10-19(2)13-6-4-3-5-11(12)13/h3-6,10,14-15,17H,7-9,16H2,1-2H3. The maximum atomic E-state index is 6.54. The van der Waals surface area contributed by atoms with Crippen molar-refractivity contribution in [3.05, 3.63) is 36.0 Å². The maximum absolute atomic E-state index is 6.54. The van der Waals surface area contributed by atoms with Crippen molar-refractivity contribution in [2.45, 2.75) is 12.1 Å². The molecule has 0 amide bonds. The molecule has 3 rings (SSSR count). The molecule has 19 heavy (non-hydrogen) atoms. The summed E-state index contributed by atoms with van der Waals surface area (Å²) >= 11 is 0. The van der Waals surface area contributed by atoms with Gasteiger partial charge in [-0.2, -0.15) is 0 Å². The zero-order valence-corrected chi connectivity index (χ0v) is 11.6. The van der Waals surface area contributed by atoms with Crippen molar-refractivity contribution in [3.8, 4) is 0 Å². The molecule has 4 heteroatoms. The molecule has 1 fully saturated rings. The van der Waals surface area contributed by atoms with E-state index in [2.05, 4.69) is 59.3 Å². The van der Waals surface area contributed by atoms with Crippen molar-refractivity contribution < 1.29 is 0 Å². The first-order valence-corrected chi connectivity index (χ1v) is 6.89. The van der Waals surface area contributed by atoms with Gasteiger partial charge in [0.1, 0.15) is 0 Å². The molecule has 0 saturated carbocycles. The van der Waals surface area contributed by atoms with E-state index in [1.165, 1.54) is 16.5 Å². The quantitative estimate of drug-likeness (QED) is 0.847. The second kappa shape index (κ2) is 4.96. The highest BCUT2D eigenvalue weighted by Crippen LogP contribution is 2.28. The van der Waals surface area contributed by atoms with Crippen LogP contribution in [0.1, 0.15) is 11.6 Å². The lowest BCUT2D eigenvalue weighted by molar-refractivity contribution is 0.174. The Morgan fingerprint density at radius 3 is 2.89 bits per heavy atom. The van der Waals surface area contributed by atoms with E-state index in [1.54, 1.807) is 0 Å². The van der Waals surface area contributed by atoms with Crippen molar-refractivity contribution >= 4 is 10.9 Å². The van der Waals surface area contributed by atoms with Crippen LogP contribution in [0.25, 0.3) is 10.9 Å². The van der Waals surface area contributed by atoms with E-state index >= 15 is 0 Å². The summed E-state index contributed by atoms with van der Waals surface area (Å²) in [6.45, 7) is 3.07. The minimum Gasteiger partial charge on any atom is -0.350 e. The molecular formula is C15H22N4. The number of para-hydroxylation sites is 1. The van der Waals surface area contributed by atoms with Gasteiger partial charge in [0, 0.05) is 55.9 Å². The van der Waals surface area contributed by atoms with Gasteiger partial charge in [0.2, 0.25) is 0 Å². The highest BCUT2D eigenvalue weighted by atomic mass is 15.2. The first-order chi connectivity index (χ1) is 9.18. The fraction of sp³-hybridized carbons (Fsp3) is 0.467. The molecule has 1 aliphatic heterocycles. The van der Waals surface area contributed by atoms with Crippen molar-refractivity contribution in [3.63, 3.8) is 0 Å². The van der Waals surface area contributed by atoms with Crippen LogP contribution in [0.2, 0.25) is 0 Å². The molecule has 2 aromatic rings. The predicted molar refractivity (Wildman–Crippen MR) is 79.1 cm³/mol. The fourth-order valence-corrected chi connectivity index (χ4v) is 3.07. The van der Waals surface area contributed by atoms with Crippen LogP contribution in [-0.2, 0) is 7.05 Å². The molecule has 2 unspecified atom stereocenters. The molecular weight excluding hydrogens is 236 g/mol. The smallest absolute Gasteiger partial charge is 0.0486 e. The third kappa shape index (κ3) is 2.16. The van der Waals surface area contributed by atoms with E-state index in [0.717, 1.165) is 19.6 Å². The van der Waals surface area contributed by atoms with Crippen LogP contribution in [0.15, 0.2) is 30.5 Å². The van der Waals surface area contributed by atoms with Gasteiger partial charge in [0.15, 0.2) is 0 Å². The summed E-state index contributed by atoms with van der Waals surface area (Å²) in [6, 6.07) is 8.88. The summed E-state index contributed by atoms with van der Waals surface area (Å²) < 4.78 is 2.17. The Hall–Kier alpha value is -1.36. The second-order valence-corrected chi connectivity index (χ2v) is 5.49. The van der Waals surface area contributed by atoms with Gasteiger partial charge < -0.3 is 15.6 Å². The van der Waals surface area contributed by atoms with Crippen LogP contribution in [0.5, 0.6) is 0 Å². The number of aromatic nitrogens is 1. The van der Waals surface area contributed by atoms with Crippen LogP contribution in [0, 0.1) is 0 Å². The normalized spacial score (nSPS) is 22.8. The number of fused-ring (bicyclic) bond motifs is 1. The van der Waals surface area contributed by atoms with E-state index in [1.807, 2.05) is 0 Å². The number of nitrogens with two attached hydrogens (primary N) is 1. The van der Waals surface area contributed by atoms with Gasteiger partial charge in [-0.25, -0.2) is 0 Å². The lowest BCUT2D eigenvalue weighted by atomic mass is 9.97. The van der Waals surface area contributed by atoms with E-state index in [0.29, 0.717) is 6.04 Å². The first kappa shape index (κ1) is 12.7. The molecule has 1 saturated heterocycles. The van der Waals surface area contributed by atoms with Crippen LogP contribution < -0.4 is 11.1 Å². The minimum absolute atomic E-state index is 0.0453. The molecule has 4 nitrogen and oxygen atoms in total. The van der Waals surface area contributed by atoms with Gasteiger partial charge in [-0.05, 0) is 18.7 Å². The summed E-state index contributed by atoms with van der Waals surface area (Å²) in [5.74, 6) is 0.